The van der Waals surface area contributed by atoms with Gasteiger partial charge in [0.2, 0.25) is 0 Å². The Morgan fingerprint density at radius 2 is 2.10 bits per heavy atom. The van der Waals surface area contributed by atoms with Crippen molar-refractivity contribution < 1.29 is 24.9 Å². The van der Waals surface area contributed by atoms with E-state index in [9.17, 15) is 20.1 Å². The lowest BCUT2D eigenvalue weighted by atomic mass is 10.1. The first-order chi connectivity index (χ1) is 9.50. The molecule has 1 aliphatic heterocycles. The van der Waals surface area contributed by atoms with E-state index < -0.39 is 30.5 Å². The summed E-state index contributed by atoms with van der Waals surface area (Å²) in [5, 5.41) is 30.3. The van der Waals surface area contributed by atoms with Gasteiger partial charge >= 0.3 is 0 Å². The number of aliphatic carboxylic acids is 1. The van der Waals surface area contributed by atoms with Crippen LogP contribution in [0, 0.1) is 0 Å². The molecule has 0 aliphatic carbocycles. The number of nitrogens with zero attached hydrogens (tertiary/aromatic N) is 4. The van der Waals surface area contributed by atoms with Crippen LogP contribution in [0.4, 0.5) is 5.82 Å². The van der Waals surface area contributed by atoms with Gasteiger partial charge in [-0.2, -0.15) is 0 Å². The summed E-state index contributed by atoms with van der Waals surface area (Å²) >= 11 is 0. The molecule has 10 heteroatoms. The van der Waals surface area contributed by atoms with Crippen LogP contribution >= 0.6 is 0 Å². The molecule has 0 radical (unpaired) electrons. The smallest absolute Gasteiger partial charge is 0.167 e. The predicted octanol–water partition coefficient (Wildman–Crippen LogP) is -3.22. The van der Waals surface area contributed by atoms with E-state index in [0.717, 1.165) is 0 Å². The second kappa shape index (κ2) is 4.37. The Bertz CT molecular complexity index is 673. The van der Waals surface area contributed by atoms with Crippen LogP contribution in [0.1, 0.15) is 6.23 Å². The Hall–Kier alpha value is -2.30. The fourth-order valence-electron chi connectivity index (χ4n) is 2.14. The minimum atomic E-state index is -1.63. The zero-order valence-corrected chi connectivity index (χ0v) is 9.95. The largest absolute Gasteiger partial charge is 0.547 e. The number of hydrogen-bond donors (Lipinski definition) is 3. The maximum absolute atomic E-state index is 10.8. The maximum Gasteiger partial charge on any atom is 0.167 e. The molecule has 1 aliphatic rings. The van der Waals surface area contributed by atoms with E-state index in [-0.39, 0.29) is 17.0 Å². The normalized spacial score (nSPS) is 29.9. The third-order valence-corrected chi connectivity index (χ3v) is 3.13. The number of carboxylic acid groups (broad SMARTS) is 1. The van der Waals surface area contributed by atoms with E-state index in [2.05, 4.69) is 15.0 Å². The molecular formula is C10H10N5O5-. The van der Waals surface area contributed by atoms with Gasteiger partial charge in [0.1, 0.15) is 30.2 Å². The molecule has 3 rings (SSSR count). The molecule has 10 nitrogen and oxygen atoms in total. The quantitative estimate of drug-likeness (QED) is 0.514. The molecule has 0 saturated carbocycles. The first kappa shape index (κ1) is 12.7. The fourth-order valence-corrected chi connectivity index (χ4v) is 2.14. The Morgan fingerprint density at radius 1 is 1.35 bits per heavy atom. The van der Waals surface area contributed by atoms with Crippen LogP contribution in [0.2, 0.25) is 0 Å². The molecule has 0 bridgehead atoms. The van der Waals surface area contributed by atoms with Gasteiger partial charge in [0.15, 0.2) is 17.7 Å². The number of aliphatic hydroxyl groups excluding tert-OH is 2. The summed E-state index contributed by atoms with van der Waals surface area (Å²) in [5.41, 5.74) is 6.17. The Labute approximate surface area is 111 Å². The van der Waals surface area contributed by atoms with Gasteiger partial charge in [-0.3, -0.25) is 4.57 Å². The Morgan fingerprint density at radius 3 is 2.75 bits per heavy atom. The number of hydrogen-bond acceptors (Lipinski definition) is 9. The minimum absolute atomic E-state index is 0.137. The van der Waals surface area contributed by atoms with Crippen LogP contribution < -0.4 is 10.8 Å². The van der Waals surface area contributed by atoms with Crippen LogP contribution in [-0.2, 0) is 9.53 Å². The number of nitrogen functional groups attached to an aromatic ring is 1. The van der Waals surface area contributed by atoms with Crippen LogP contribution in [0.15, 0.2) is 12.7 Å². The summed E-state index contributed by atoms with van der Waals surface area (Å²) in [7, 11) is 0. The van der Waals surface area contributed by atoms with Gasteiger partial charge in [0.25, 0.3) is 0 Å². The average molecular weight is 280 g/mol. The van der Waals surface area contributed by atoms with Crippen molar-refractivity contribution in [1.29, 1.82) is 0 Å². The number of ether oxygens (including phenoxy) is 1. The number of aliphatic hydroxyl groups is 2. The molecule has 4 atom stereocenters. The second-order valence-electron chi connectivity index (χ2n) is 4.33. The van der Waals surface area contributed by atoms with E-state index in [1.807, 2.05) is 0 Å². The number of fused-ring (bicyclic) bond motifs is 1. The maximum atomic E-state index is 10.8. The van der Waals surface area contributed by atoms with Crippen molar-refractivity contribution in [2.45, 2.75) is 24.5 Å². The summed E-state index contributed by atoms with van der Waals surface area (Å²) in [6.45, 7) is 0. The Kier molecular flexibility index (Phi) is 2.78. The number of nitrogens with two attached hydrogens (primary N) is 1. The minimum Gasteiger partial charge on any atom is -0.547 e. The molecule has 0 aromatic carbocycles. The van der Waals surface area contributed by atoms with E-state index in [1.54, 1.807) is 0 Å². The van der Waals surface area contributed by atoms with Crippen molar-refractivity contribution in [3.8, 4) is 0 Å². The predicted molar refractivity (Wildman–Crippen MR) is 60.7 cm³/mol. The molecule has 2 aromatic rings. The first-order valence-electron chi connectivity index (χ1n) is 5.66. The molecule has 0 spiro atoms. The highest BCUT2D eigenvalue weighted by Crippen LogP contribution is 2.31. The molecule has 0 unspecified atom stereocenters. The lowest BCUT2D eigenvalue weighted by Crippen LogP contribution is -2.43. The van der Waals surface area contributed by atoms with Crippen molar-refractivity contribution in [2.24, 2.45) is 0 Å². The van der Waals surface area contributed by atoms with Crippen molar-refractivity contribution in [2.75, 3.05) is 5.73 Å². The summed E-state index contributed by atoms with van der Waals surface area (Å²) in [5.74, 6) is -1.48. The standard InChI is InChI=1S/C10H11N5O5/c11-7-3-8(13-1-12-7)15(2-14-3)9-5(17)4(16)6(20-9)10(18)19/h1-2,4-6,9,16-17H,(H,18,19)(H2,11,12,13)/p-1/t4-,5-,6+,9-/m0/s1. The Balaban J connectivity index is 2.04. The molecule has 106 valence electrons. The third-order valence-electron chi connectivity index (χ3n) is 3.13. The molecule has 0 amide bonds. The number of carboxylic acids is 1. The fraction of sp³-hybridized carbons (Fsp3) is 0.400. The van der Waals surface area contributed by atoms with Crippen LogP contribution in [0.5, 0.6) is 0 Å². The van der Waals surface area contributed by atoms with Crippen LogP contribution in [-0.4, -0.2) is 54.0 Å². The number of carbonyl (C=O) groups is 1. The van der Waals surface area contributed by atoms with Crippen LogP contribution in [0.25, 0.3) is 11.2 Å². The number of rotatable bonds is 2. The molecule has 3 heterocycles. The molecule has 2 aromatic heterocycles. The highest BCUT2D eigenvalue weighted by molar-refractivity contribution is 5.81. The summed E-state index contributed by atoms with van der Waals surface area (Å²) in [6.07, 6.45) is -3.40. The zero-order valence-electron chi connectivity index (χ0n) is 9.95. The van der Waals surface area contributed by atoms with Gasteiger partial charge < -0.3 is 30.6 Å². The molecular weight excluding hydrogens is 270 g/mol. The lowest BCUT2D eigenvalue weighted by molar-refractivity contribution is -0.318. The topological polar surface area (TPSA) is 159 Å². The van der Waals surface area contributed by atoms with Crippen molar-refractivity contribution in [3.63, 3.8) is 0 Å². The second-order valence-corrected chi connectivity index (χ2v) is 4.33. The summed E-state index contributed by atoms with van der Waals surface area (Å²) in [6, 6.07) is 0. The van der Waals surface area contributed by atoms with Crippen molar-refractivity contribution >= 4 is 23.0 Å². The van der Waals surface area contributed by atoms with Gasteiger partial charge in [-0.15, -0.1) is 0 Å². The summed E-state index contributed by atoms with van der Waals surface area (Å²) < 4.78 is 6.38. The molecule has 1 fully saturated rings. The first-order valence-corrected chi connectivity index (χ1v) is 5.66. The number of aromatic nitrogens is 4. The van der Waals surface area contributed by atoms with Gasteiger partial charge in [-0.1, -0.05) is 0 Å². The van der Waals surface area contributed by atoms with E-state index >= 15 is 0 Å². The highest BCUT2D eigenvalue weighted by atomic mass is 16.6. The molecule has 1 saturated heterocycles. The molecule has 20 heavy (non-hydrogen) atoms. The molecule has 4 N–H and O–H groups in total. The summed E-state index contributed by atoms with van der Waals surface area (Å²) in [4.78, 5) is 22.5. The van der Waals surface area contributed by atoms with Gasteiger partial charge in [0, 0.05) is 0 Å². The lowest BCUT2D eigenvalue weighted by Gasteiger charge is -2.16. The number of anilines is 1. The van der Waals surface area contributed by atoms with Crippen molar-refractivity contribution in [3.05, 3.63) is 12.7 Å². The number of imidazole rings is 1. The average Bonchev–Trinajstić information content (AvgIpc) is 2.94. The number of carbonyl (C=O) groups excluding carboxylic acids is 1. The zero-order chi connectivity index (χ0) is 14.4. The van der Waals surface area contributed by atoms with Gasteiger partial charge in [-0.05, 0) is 0 Å². The van der Waals surface area contributed by atoms with E-state index in [0.29, 0.717) is 0 Å². The van der Waals surface area contributed by atoms with E-state index in [4.69, 9.17) is 10.5 Å². The van der Waals surface area contributed by atoms with Crippen molar-refractivity contribution in [1.82, 2.24) is 19.5 Å². The van der Waals surface area contributed by atoms with E-state index in [1.165, 1.54) is 17.2 Å². The third kappa shape index (κ3) is 1.70. The van der Waals surface area contributed by atoms with Gasteiger partial charge in [0.05, 0.1) is 12.3 Å². The van der Waals surface area contributed by atoms with Gasteiger partial charge in [-0.25, -0.2) is 15.0 Å². The van der Waals surface area contributed by atoms with Crippen LogP contribution in [0.3, 0.4) is 0 Å². The SMILES string of the molecule is Nc1ncnc2c1ncn2[C@H]1O[C@@H](C(=O)[O-])[C@@H](O)[C@@H]1O. The monoisotopic (exact) mass is 280 g/mol. The highest BCUT2D eigenvalue weighted by Gasteiger charge is 2.45.